The maximum atomic E-state index is 2.44. The first-order valence-corrected chi connectivity index (χ1v) is 16.3. The average molecular weight is 596 g/mol. The number of para-hydroxylation sites is 1. The van der Waals surface area contributed by atoms with Crippen LogP contribution in [0.1, 0.15) is 0 Å². The first kappa shape index (κ1) is 26.1. The van der Waals surface area contributed by atoms with Gasteiger partial charge in [0.05, 0.1) is 16.7 Å². The third-order valence-corrected chi connectivity index (χ3v) is 9.92. The monoisotopic (exact) mass is 595 g/mol. The predicted molar refractivity (Wildman–Crippen MR) is 202 cm³/mol. The van der Waals surface area contributed by atoms with Crippen molar-refractivity contribution in [2.75, 3.05) is 0 Å². The van der Waals surface area contributed by atoms with Gasteiger partial charge in [0.2, 0.25) is 0 Å². The van der Waals surface area contributed by atoms with Crippen molar-refractivity contribution < 1.29 is 0 Å². The summed E-state index contributed by atoms with van der Waals surface area (Å²) >= 11 is 0. The Morgan fingerprint density at radius 2 is 0.787 bits per heavy atom. The van der Waals surface area contributed by atoms with E-state index >= 15 is 0 Å². The first-order valence-electron chi connectivity index (χ1n) is 16.3. The maximum absolute atomic E-state index is 2.44. The van der Waals surface area contributed by atoms with E-state index in [0.29, 0.717) is 0 Å². The Bertz CT molecular complexity index is 2850. The molecule has 0 aliphatic carbocycles. The number of aromatic nitrogens is 1. The quantitative estimate of drug-likeness (QED) is 0.191. The minimum absolute atomic E-state index is 1.21. The van der Waals surface area contributed by atoms with Crippen molar-refractivity contribution in [2.45, 2.75) is 0 Å². The molecule has 0 spiro atoms. The predicted octanol–water partition coefficient (Wildman–Crippen LogP) is 12.7. The zero-order valence-electron chi connectivity index (χ0n) is 25.7. The molecule has 1 heteroatoms. The van der Waals surface area contributed by atoms with E-state index in [2.05, 4.69) is 180 Å². The molecule has 0 aliphatic heterocycles. The number of hydrogen-bond acceptors (Lipinski definition) is 0. The molecule has 0 bridgehead atoms. The number of fused-ring (bicyclic) bond motifs is 8. The summed E-state index contributed by atoms with van der Waals surface area (Å²) in [7, 11) is 0. The van der Waals surface area contributed by atoms with Crippen LogP contribution in [-0.2, 0) is 0 Å². The van der Waals surface area contributed by atoms with Crippen molar-refractivity contribution in [3.8, 4) is 27.9 Å². The van der Waals surface area contributed by atoms with Gasteiger partial charge in [-0.25, -0.2) is 0 Å². The van der Waals surface area contributed by atoms with E-state index in [4.69, 9.17) is 0 Å². The number of hydrogen-bond donors (Lipinski definition) is 0. The van der Waals surface area contributed by atoms with Gasteiger partial charge < -0.3 is 4.57 Å². The van der Waals surface area contributed by atoms with Crippen molar-refractivity contribution in [3.05, 3.63) is 176 Å². The molecule has 1 heterocycles. The van der Waals surface area contributed by atoms with Gasteiger partial charge in [0.1, 0.15) is 0 Å². The highest BCUT2D eigenvalue weighted by atomic mass is 15.0. The molecule has 0 amide bonds. The third-order valence-electron chi connectivity index (χ3n) is 9.92. The number of benzene rings is 9. The van der Waals surface area contributed by atoms with Crippen LogP contribution in [0.4, 0.5) is 0 Å². The molecule has 0 N–H and O–H groups in total. The summed E-state index contributed by atoms with van der Waals surface area (Å²) in [6.45, 7) is 0. The summed E-state index contributed by atoms with van der Waals surface area (Å²) in [5, 5.41) is 12.7. The molecular formula is C46H29N. The molecule has 0 unspecified atom stereocenters. The summed E-state index contributed by atoms with van der Waals surface area (Å²) in [5.41, 5.74) is 8.63. The van der Waals surface area contributed by atoms with Crippen molar-refractivity contribution in [2.24, 2.45) is 0 Å². The van der Waals surface area contributed by atoms with Crippen molar-refractivity contribution in [3.63, 3.8) is 0 Å². The lowest BCUT2D eigenvalue weighted by Gasteiger charge is -2.12. The Kier molecular flexibility index (Phi) is 5.64. The Hall–Kier alpha value is -6.18. The average Bonchev–Trinajstić information content (AvgIpc) is 3.48. The molecular weight excluding hydrogens is 567 g/mol. The van der Waals surface area contributed by atoms with Crippen LogP contribution in [-0.4, -0.2) is 4.57 Å². The molecule has 0 saturated heterocycles. The van der Waals surface area contributed by atoms with E-state index in [9.17, 15) is 0 Å². The number of rotatable bonds is 3. The Morgan fingerprint density at radius 1 is 0.277 bits per heavy atom. The summed E-state index contributed by atoms with van der Waals surface area (Å²) in [6.07, 6.45) is 0. The fraction of sp³-hybridized carbons (Fsp3) is 0. The fourth-order valence-corrected chi connectivity index (χ4v) is 7.61. The van der Waals surface area contributed by atoms with Crippen LogP contribution in [0, 0.1) is 0 Å². The van der Waals surface area contributed by atoms with Crippen molar-refractivity contribution in [1.82, 2.24) is 4.57 Å². The van der Waals surface area contributed by atoms with Gasteiger partial charge in [0.15, 0.2) is 0 Å². The van der Waals surface area contributed by atoms with Gasteiger partial charge in [-0.05, 0) is 102 Å². The lowest BCUT2D eigenvalue weighted by molar-refractivity contribution is 1.20. The fourth-order valence-electron chi connectivity index (χ4n) is 7.61. The Labute approximate surface area is 272 Å². The van der Waals surface area contributed by atoms with Gasteiger partial charge in [-0.15, -0.1) is 0 Å². The third kappa shape index (κ3) is 4.10. The van der Waals surface area contributed by atoms with Crippen LogP contribution in [0.25, 0.3) is 92.8 Å². The molecule has 47 heavy (non-hydrogen) atoms. The minimum atomic E-state index is 1.21. The largest absolute Gasteiger partial charge is 0.309 e. The van der Waals surface area contributed by atoms with Gasteiger partial charge in [-0.3, -0.25) is 0 Å². The topological polar surface area (TPSA) is 4.93 Å². The summed E-state index contributed by atoms with van der Waals surface area (Å²) in [6, 6.07) is 64.6. The second-order valence-corrected chi connectivity index (χ2v) is 12.6. The van der Waals surface area contributed by atoms with E-state index < -0.39 is 0 Å². The molecule has 1 nitrogen and oxygen atoms in total. The highest BCUT2D eigenvalue weighted by molar-refractivity contribution is 6.22. The number of nitrogens with zero attached hydrogens (tertiary/aromatic N) is 1. The lowest BCUT2D eigenvalue weighted by Crippen LogP contribution is -1.95. The van der Waals surface area contributed by atoms with Crippen LogP contribution in [0.5, 0.6) is 0 Å². The van der Waals surface area contributed by atoms with Gasteiger partial charge >= 0.3 is 0 Å². The second kappa shape index (κ2) is 10.2. The van der Waals surface area contributed by atoms with E-state index in [1.165, 1.54) is 92.8 Å². The van der Waals surface area contributed by atoms with Crippen molar-refractivity contribution >= 4 is 64.9 Å². The summed E-state index contributed by atoms with van der Waals surface area (Å²) in [5.74, 6) is 0. The molecule has 0 saturated carbocycles. The molecule has 10 rings (SSSR count). The molecule has 1 aromatic heterocycles. The normalized spacial score (nSPS) is 11.8. The minimum Gasteiger partial charge on any atom is -0.309 e. The van der Waals surface area contributed by atoms with Gasteiger partial charge in [0.25, 0.3) is 0 Å². The van der Waals surface area contributed by atoms with E-state index in [1.54, 1.807) is 0 Å². The zero-order chi connectivity index (χ0) is 30.9. The zero-order valence-corrected chi connectivity index (χ0v) is 25.7. The smallest absolute Gasteiger partial charge is 0.0547 e. The van der Waals surface area contributed by atoms with Crippen LogP contribution in [0.15, 0.2) is 176 Å². The van der Waals surface area contributed by atoms with Crippen molar-refractivity contribution in [1.29, 1.82) is 0 Å². The van der Waals surface area contributed by atoms with E-state index in [0.717, 1.165) is 0 Å². The van der Waals surface area contributed by atoms with Crippen LogP contribution in [0.3, 0.4) is 0 Å². The first-order chi connectivity index (χ1) is 23.3. The molecule has 218 valence electrons. The van der Waals surface area contributed by atoms with Gasteiger partial charge in [0, 0.05) is 16.2 Å². The van der Waals surface area contributed by atoms with Gasteiger partial charge in [-0.1, -0.05) is 133 Å². The molecule has 9 aromatic carbocycles. The second-order valence-electron chi connectivity index (χ2n) is 12.6. The Morgan fingerprint density at radius 3 is 1.53 bits per heavy atom. The molecule has 0 aliphatic rings. The highest BCUT2D eigenvalue weighted by Gasteiger charge is 2.16. The van der Waals surface area contributed by atoms with Gasteiger partial charge in [-0.2, -0.15) is 0 Å². The summed E-state index contributed by atoms with van der Waals surface area (Å²) in [4.78, 5) is 0. The highest BCUT2D eigenvalue weighted by Crippen LogP contribution is 2.40. The standard InChI is InChI=1S/C46H29N/c1-2-10-32-26-33(17-16-30(32)8-1)34-18-19-36-28-37(21-20-35(36)27-34)38-22-24-41-39(29-38)23-25-45-46(41)42-13-5-6-14-44(42)47(45)43-15-7-11-31-9-3-4-12-40(31)43/h1-29H. The maximum Gasteiger partial charge on any atom is 0.0547 e. The van der Waals surface area contributed by atoms with Crippen LogP contribution < -0.4 is 0 Å². The Balaban J connectivity index is 1.09. The SMILES string of the molecule is c1ccc2cc(-c3ccc4cc(-c5ccc6c(ccc7c6c6ccccc6n7-c6cccc7ccccc67)c5)ccc4c3)ccc2c1. The van der Waals surface area contributed by atoms with E-state index in [1.807, 2.05) is 0 Å². The van der Waals surface area contributed by atoms with Crippen LogP contribution >= 0.6 is 0 Å². The molecule has 0 radical (unpaired) electrons. The lowest BCUT2D eigenvalue weighted by atomic mass is 9.95. The van der Waals surface area contributed by atoms with Crippen LogP contribution in [0.2, 0.25) is 0 Å². The molecule has 0 atom stereocenters. The van der Waals surface area contributed by atoms with E-state index in [-0.39, 0.29) is 0 Å². The molecule has 0 fully saturated rings. The molecule has 10 aromatic rings. The summed E-state index contributed by atoms with van der Waals surface area (Å²) < 4.78 is 2.44.